The number of fused-ring (bicyclic) bond motifs is 4. The summed E-state index contributed by atoms with van der Waals surface area (Å²) in [7, 11) is 0. The van der Waals surface area contributed by atoms with Gasteiger partial charge in [-0.1, -0.05) is 60.7 Å². The second kappa shape index (κ2) is 9.58. The molecule has 1 amide bonds. The molecule has 0 fully saturated rings. The molecule has 0 spiro atoms. The van der Waals surface area contributed by atoms with Gasteiger partial charge in [0.1, 0.15) is 17.0 Å². The van der Waals surface area contributed by atoms with Crippen molar-refractivity contribution in [2.45, 2.75) is 25.3 Å². The van der Waals surface area contributed by atoms with Crippen molar-refractivity contribution in [3.8, 4) is 33.8 Å². The minimum absolute atomic E-state index is 0.00707. The van der Waals surface area contributed by atoms with Crippen LogP contribution < -0.4 is 14.8 Å². The van der Waals surface area contributed by atoms with Gasteiger partial charge in [-0.3, -0.25) is 4.79 Å². The van der Waals surface area contributed by atoms with Crippen LogP contribution in [-0.2, 0) is 16.0 Å². The zero-order valence-electron chi connectivity index (χ0n) is 18.2. The van der Waals surface area contributed by atoms with Gasteiger partial charge >= 0.3 is 5.97 Å². The van der Waals surface area contributed by atoms with Crippen LogP contribution in [0.2, 0.25) is 0 Å². The maximum atomic E-state index is 12.2. The topological polar surface area (TPSA) is 84.9 Å². The molecule has 3 aromatic carbocycles. The van der Waals surface area contributed by atoms with E-state index in [4.69, 9.17) is 9.47 Å². The molecule has 170 valence electrons. The molecular weight excluding hydrogens is 438 g/mol. The van der Waals surface area contributed by atoms with E-state index >= 15 is 0 Å². The second-order valence-corrected chi connectivity index (χ2v) is 8.53. The largest absolute Gasteiger partial charge is 0.480 e. The molecule has 5 rings (SSSR count). The van der Waals surface area contributed by atoms with Crippen LogP contribution in [0.4, 0.5) is 0 Å². The first-order valence-electron chi connectivity index (χ1n) is 10.6. The summed E-state index contributed by atoms with van der Waals surface area (Å²) in [5, 5.41) is 12.6. The summed E-state index contributed by atoms with van der Waals surface area (Å²) in [6.45, 7) is 1.51. The fourth-order valence-electron chi connectivity index (χ4n) is 4.05. The number of amides is 1. The van der Waals surface area contributed by atoms with Gasteiger partial charge in [0.2, 0.25) is 12.7 Å². The van der Waals surface area contributed by atoms with Crippen molar-refractivity contribution in [1.82, 2.24) is 5.32 Å². The first-order valence-corrected chi connectivity index (χ1v) is 11.3. The van der Waals surface area contributed by atoms with Gasteiger partial charge in [-0.15, -0.1) is 0 Å². The Balaban J connectivity index is 1.89. The van der Waals surface area contributed by atoms with Gasteiger partial charge in [0.05, 0.1) is 0 Å². The molecule has 2 aliphatic heterocycles. The Bertz CT molecular complexity index is 1170. The molecule has 0 aliphatic carbocycles. The summed E-state index contributed by atoms with van der Waals surface area (Å²) in [4.78, 5) is 24.4. The van der Waals surface area contributed by atoms with E-state index in [1.54, 1.807) is 0 Å². The van der Waals surface area contributed by atoms with Crippen LogP contribution in [0.25, 0.3) is 22.3 Å². The van der Waals surface area contributed by atoms with Gasteiger partial charge in [-0.2, -0.15) is 12.6 Å². The molecule has 0 saturated heterocycles. The number of carbonyl (C=O) groups is 2. The van der Waals surface area contributed by atoms with E-state index in [1.165, 1.54) is 6.92 Å². The van der Waals surface area contributed by atoms with Crippen LogP contribution in [0.3, 0.4) is 0 Å². The predicted octanol–water partition coefficient (Wildman–Crippen LogP) is 4.57. The second-order valence-electron chi connectivity index (χ2n) is 8.09. The first-order chi connectivity index (χ1) is 15.9. The zero-order valence-corrected chi connectivity index (χ0v) is 19.1. The monoisotopic (exact) mass is 463 g/mol. The number of aliphatic carboxylic acids is 1. The number of thiol groups is 1. The van der Waals surface area contributed by atoms with Crippen molar-refractivity contribution in [2.75, 3.05) is 12.5 Å². The molecule has 3 aromatic rings. The minimum Gasteiger partial charge on any atom is -0.480 e. The third kappa shape index (κ3) is 4.68. The third-order valence-electron chi connectivity index (χ3n) is 5.63. The van der Waals surface area contributed by atoms with E-state index in [2.05, 4.69) is 17.9 Å². The summed E-state index contributed by atoms with van der Waals surface area (Å²) < 4.78 is 12.0. The van der Waals surface area contributed by atoms with Crippen LogP contribution in [0.1, 0.15) is 18.9 Å². The van der Waals surface area contributed by atoms with Crippen molar-refractivity contribution >= 4 is 24.5 Å². The Morgan fingerprint density at radius 2 is 1.61 bits per heavy atom. The smallest absolute Gasteiger partial charge is 0.329 e. The third-order valence-corrected chi connectivity index (χ3v) is 5.86. The number of ether oxygens (including phenoxy) is 2. The van der Waals surface area contributed by atoms with Crippen LogP contribution in [0, 0.1) is 0 Å². The lowest BCUT2D eigenvalue weighted by Gasteiger charge is -2.28. The lowest BCUT2D eigenvalue weighted by atomic mass is 9.86. The Labute approximate surface area is 198 Å². The van der Waals surface area contributed by atoms with Crippen molar-refractivity contribution < 1.29 is 24.2 Å². The average molecular weight is 464 g/mol. The number of hydrogen-bond acceptors (Lipinski definition) is 5. The van der Waals surface area contributed by atoms with E-state index in [0.717, 1.165) is 22.3 Å². The zero-order chi connectivity index (χ0) is 23.4. The van der Waals surface area contributed by atoms with Crippen LogP contribution >= 0.6 is 12.6 Å². The van der Waals surface area contributed by atoms with Crippen molar-refractivity contribution in [1.29, 1.82) is 0 Å². The summed E-state index contributed by atoms with van der Waals surface area (Å²) in [6.07, 6.45) is 0.160. The van der Waals surface area contributed by atoms with E-state index in [9.17, 15) is 14.7 Å². The van der Waals surface area contributed by atoms with Crippen molar-refractivity contribution in [3.05, 3.63) is 72.3 Å². The molecule has 2 N–H and O–H groups in total. The quantitative estimate of drug-likeness (QED) is 0.426. The molecule has 6 nitrogen and oxygen atoms in total. The molecule has 1 atom stereocenters. The molecule has 2 heterocycles. The lowest BCUT2D eigenvalue weighted by Crippen LogP contribution is -2.53. The number of benzene rings is 3. The standard InChI is InChI=1S/C26H25NO5S/c1-26(25(29)30,27-21(28)12-13-33)15-19-14-20-22(17-8-4-2-5-9-17)23(24(19)32-16-31-20)18-10-6-3-7-11-18/h2-11,14,33H,12-13,15-16H2,1H3,(H,27,28)(H,29,30)/t26-/m0/s1. The molecule has 0 saturated carbocycles. The van der Waals surface area contributed by atoms with E-state index < -0.39 is 11.5 Å². The summed E-state index contributed by atoms with van der Waals surface area (Å²) >= 11 is 4.07. The van der Waals surface area contributed by atoms with E-state index in [0.29, 0.717) is 22.8 Å². The van der Waals surface area contributed by atoms with Gasteiger partial charge < -0.3 is 19.9 Å². The average Bonchev–Trinajstić information content (AvgIpc) is 3.12. The Morgan fingerprint density at radius 1 is 1.00 bits per heavy atom. The van der Waals surface area contributed by atoms with Gasteiger partial charge in [-0.05, 0) is 29.9 Å². The van der Waals surface area contributed by atoms with Crippen molar-refractivity contribution in [2.24, 2.45) is 0 Å². The number of nitrogens with one attached hydrogen (secondary N) is 1. The van der Waals surface area contributed by atoms with Crippen LogP contribution in [-0.4, -0.2) is 35.1 Å². The fraction of sp³-hybridized carbons (Fsp3) is 0.231. The molecule has 2 aliphatic rings. The van der Waals surface area contributed by atoms with Crippen LogP contribution in [0.15, 0.2) is 66.7 Å². The van der Waals surface area contributed by atoms with Crippen molar-refractivity contribution in [3.63, 3.8) is 0 Å². The molecular formula is C26H25NO5S. The van der Waals surface area contributed by atoms with Crippen LogP contribution in [0.5, 0.6) is 11.5 Å². The SMILES string of the molecule is C[C@@](Cc1cc2c(-c3ccccc3)c(-c3ccccc3)c1OCO2)(NC(=O)CCS)C(=O)O. The summed E-state index contributed by atoms with van der Waals surface area (Å²) in [5.41, 5.74) is 2.73. The molecule has 2 bridgehead atoms. The molecule has 7 heteroatoms. The summed E-state index contributed by atoms with van der Waals surface area (Å²) in [6, 6.07) is 21.5. The highest BCUT2D eigenvalue weighted by Crippen LogP contribution is 2.49. The number of carboxylic acids is 1. The minimum atomic E-state index is -1.53. The first kappa shape index (κ1) is 22.7. The van der Waals surface area contributed by atoms with Gasteiger partial charge in [0.15, 0.2) is 0 Å². The number of rotatable bonds is 8. The van der Waals surface area contributed by atoms with Gasteiger partial charge in [0, 0.05) is 29.5 Å². The van der Waals surface area contributed by atoms with E-state index in [1.807, 2.05) is 66.7 Å². The van der Waals surface area contributed by atoms with E-state index in [-0.39, 0.29) is 25.5 Å². The number of carboxylic acid groups (broad SMARTS) is 1. The Kier molecular flexibility index (Phi) is 6.60. The highest BCUT2D eigenvalue weighted by molar-refractivity contribution is 7.80. The predicted molar refractivity (Wildman–Crippen MR) is 130 cm³/mol. The van der Waals surface area contributed by atoms with Gasteiger partial charge in [-0.25, -0.2) is 4.79 Å². The number of carbonyl (C=O) groups excluding carboxylic acids is 1. The molecule has 0 radical (unpaired) electrons. The molecule has 0 aromatic heterocycles. The lowest BCUT2D eigenvalue weighted by molar-refractivity contribution is -0.146. The highest BCUT2D eigenvalue weighted by Gasteiger charge is 2.37. The fourth-order valence-corrected chi connectivity index (χ4v) is 4.26. The maximum absolute atomic E-state index is 12.2. The maximum Gasteiger partial charge on any atom is 0.329 e. The normalized spacial score (nSPS) is 13.9. The Hall–Kier alpha value is -3.45. The Morgan fingerprint density at radius 3 is 2.18 bits per heavy atom. The molecule has 0 unspecified atom stereocenters. The number of hydrogen-bond donors (Lipinski definition) is 3. The highest BCUT2D eigenvalue weighted by atomic mass is 32.1. The van der Waals surface area contributed by atoms with Gasteiger partial charge in [0.25, 0.3) is 0 Å². The summed E-state index contributed by atoms with van der Waals surface area (Å²) in [5.74, 6) is -0.00965. The molecule has 33 heavy (non-hydrogen) atoms.